The number of fused-ring (bicyclic) bond motifs is 1. The first-order valence-electron chi connectivity index (χ1n) is 7.32. The molecule has 1 aromatic rings. The summed E-state index contributed by atoms with van der Waals surface area (Å²) in [6.07, 6.45) is 4.80. The van der Waals surface area contributed by atoms with E-state index >= 15 is 0 Å². The molecule has 106 valence electrons. The zero-order chi connectivity index (χ0) is 13.9. The van der Waals surface area contributed by atoms with E-state index in [1.807, 2.05) is 6.07 Å². The van der Waals surface area contributed by atoms with E-state index in [0.717, 1.165) is 23.2 Å². The van der Waals surface area contributed by atoms with Crippen molar-refractivity contribution >= 4 is 15.9 Å². The molecule has 2 nitrogen and oxygen atoms in total. The van der Waals surface area contributed by atoms with Crippen molar-refractivity contribution in [3.8, 4) is 5.75 Å². The van der Waals surface area contributed by atoms with Crippen molar-refractivity contribution < 1.29 is 4.74 Å². The molecule has 0 aromatic heterocycles. The van der Waals surface area contributed by atoms with Crippen molar-refractivity contribution in [3.05, 3.63) is 28.2 Å². The first kappa shape index (κ1) is 14.9. The molecule has 0 bridgehead atoms. The normalized spacial score (nSPS) is 18.2. The zero-order valence-electron chi connectivity index (χ0n) is 12.1. The Morgan fingerprint density at radius 1 is 1.26 bits per heavy atom. The van der Waals surface area contributed by atoms with Crippen LogP contribution < -0.4 is 10.1 Å². The van der Waals surface area contributed by atoms with E-state index in [9.17, 15) is 0 Å². The highest BCUT2D eigenvalue weighted by atomic mass is 79.9. The van der Waals surface area contributed by atoms with Crippen molar-refractivity contribution in [1.82, 2.24) is 5.32 Å². The molecule has 1 aromatic carbocycles. The molecule has 0 spiro atoms. The van der Waals surface area contributed by atoms with Gasteiger partial charge in [-0.3, -0.25) is 0 Å². The van der Waals surface area contributed by atoms with Crippen molar-refractivity contribution in [2.45, 2.75) is 58.1 Å². The molecule has 19 heavy (non-hydrogen) atoms. The largest absolute Gasteiger partial charge is 0.488 e. The van der Waals surface area contributed by atoms with Gasteiger partial charge < -0.3 is 10.1 Å². The Morgan fingerprint density at radius 2 is 1.95 bits per heavy atom. The van der Waals surface area contributed by atoms with Crippen LogP contribution in [0.3, 0.4) is 0 Å². The summed E-state index contributed by atoms with van der Waals surface area (Å²) in [4.78, 5) is 0. The molecule has 1 heterocycles. The van der Waals surface area contributed by atoms with Gasteiger partial charge in [0.2, 0.25) is 0 Å². The molecule has 0 aliphatic carbocycles. The lowest BCUT2D eigenvalue weighted by Gasteiger charge is -2.33. The Bertz CT molecular complexity index is 420. The van der Waals surface area contributed by atoms with Crippen LogP contribution in [0, 0.1) is 0 Å². The van der Waals surface area contributed by atoms with Crippen LogP contribution in [0.1, 0.15) is 45.6 Å². The zero-order valence-corrected chi connectivity index (χ0v) is 13.7. The Kier molecular flexibility index (Phi) is 4.91. The fourth-order valence-electron chi connectivity index (χ4n) is 2.86. The van der Waals surface area contributed by atoms with E-state index in [1.54, 1.807) is 0 Å². The molecule has 1 atom stereocenters. The molecule has 0 amide bonds. The van der Waals surface area contributed by atoms with Crippen LogP contribution in [0.15, 0.2) is 22.7 Å². The third kappa shape index (κ3) is 3.32. The number of benzene rings is 1. The standard InChI is InChI=1S/C16H24BrNO/c1-4-16(5-2,6-3)18-11-14-10-12-9-13(17)7-8-15(12)19-14/h7-9,14,18H,4-6,10-11H2,1-3H3. The SMILES string of the molecule is CCC(CC)(CC)NCC1Cc2cc(Br)ccc2O1. The van der Waals surface area contributed by atoms with Crippen LogP contribution in [0.2, 0.25) is 0 Å². The number of hydrogen-bond acceptors (Lipinski definition) is 2. The lowest BCUT2D eigenvalue weighted by molar-refractivity contribution is 0.191. The van der Waals surface area contributed by atoms with E-state index < -0.39 is 0 Å². The van der Waals surface area contributed by atoms with E-state index in [2.05, 4.69) is 54.2 Å². The average molecular weight is 326 g/mol. The van der Waals surface area contributed by atoms with Crippen LogP contribution in [0.5, 0.6) is 5.75 Å². The van der Waals surface area contributed by atoms with Crippen molar-refractivity contribution in [2.24, 2.45) is 0 Å². The lowest BCUT2D eigenvalue weighted by atomic mass is 9.89. The van der Waals surface area contributed by atoms with E-state index in [0.29, 0.717) is 0 Å². The van der Waals surface area contributed by atoms with Crippen LogP contribution in [-0.2, 0) is 6.42 Å². The molecule has 1 unspecified atom stereocenters. The predicted molar refractivity (Wildman–Crippen MR) is 83.9 cm³/mol. The third-order valence-electron chi connectivity index (χ3n) is 4.50. The molecule has 0 fully saturated rings. The number of rotatable bonds is 6. The third-order valence-corrected chi connectivity index (χ3v) is 4.99. The number of ether oxygens (including phenoxy) is 1. The highest BCUT2D eigenvalue weighted by Gasteiger charge is 2.28. The van der Waals surface area contributed by atoms with Gasteiger partial charge in [0, 0.05) is 23.0 Å². The van der Waals surface area contributed by atoms with E-state index in [4.69, 9.17) is 4.74 Å². The number of nitrogens with one attached hydrogen (secondary N) is 1. The Labute approximate surface area is 125 Å². The summed E-state index contributed by atoms with van der Waals surface area (Å²) in [6.45, 7) is 7.73. The van der Waals surface area contributed by atoms with E-state index in [1.165, 1.54) is 24.8 Å². The van der Waals surface area contributed by atoms with Gasteiger partial charge in [0.1, 0.15) is 11.9 Å². The maximum absolute atomic E-state index is 6.01. The van der Waals surface area contributed by atoms with Gasteiger partial charge in [-0.2, -0.15) is 0 Å². The number of halogens is 1. The van der Waals surface area contributed by atoms with Crippen LogP contribution in [0.4, 0.5) is 0 Å². The van der Waals surface area contributed by atoms with Crippen LogP contribution in [-0.4, -0.2) is 18.2 Å². The smallest absolute Gasteiger partial charge is 0.123 e. The molecular weight excluding hydrogens is 302 g/mol. The molecule has 3 heteroatoms. The maximum atomic E-state index is 6.01. The predicted octanol–water partition coefficient (Wildman–Crippen LogP) is 4.31. The molecule has 1 aliphatic rings. The first-order valence-corrected chi connectivity index (χ1v) is 8.12. The molecule has 0 saturated carbocycles. The lowest BCUT2D eigenvalue weighted by Crippen LogP contribution is -2.47. The fourth-order valence-corrected chi connectivity index (χ4v) is 3.27. The summed E-state index contributed by atoms with van der Waals surface area (Å²) in [6, 6.07) is 6.28. The van der Waals surface area contributed by atoms with Crippen molar-refractivity contribution in [1.29, 1.82) is 0 Å². The minimum atomic E-state index is 0.272. The maximum Gasteiger partial charge on any atom is 0.123 e. The second kappa shape index (κ2) is 6.27. The van der Waals surface area contributed by atoms with E-state index in [-0.39, 0.29) is 11.6 Å². The highest BCUT2D eigenvalue weighted by Crippen LogP contribution is 2.31. The van der Waals surface area contributed by atoms with Crippen molar-refractivity contribution in [3.63, 3.8) is 0 Å². The molecule has 0 radical (unpaired) electrons. The fraction of sp³-hybridized carbons (Fsp3) is 0.625. The molecular formula is C16H24BrNO. The topological polar surface area (TPSA) is 21.3 Å². The molecule has 0 saturated heterocycles. The molecule has 1 N–H and O–H groups in total. The quantitative estimate of drug-likeness (QED) is 0.841. The van der Waals surface area contributed by atoms with Crippen molar-refractivity contribution in [2.75, 3.05) is 6.54 Å². The van der Waals surface area contributed by atoms with Crippen LogP contribution >= 0.6 is 15.9 Å². The summed E-state index contributed by atoms with van der Waals surface area (Å²) in [5.74, 6) is 1.05. The Morgan fingerprint density at radius 3 is 2.58 bits per heavy atom. The molecule has 2 rings (SSSR count). The summed E-state index contributed by atoms with van der Waals surface area (Å²) >= 11 is 3.52. The summed E-state index contributed by atoms with van der Waals surface area (Å²) < 4.78 is 7.14. The second-order valence-electron chi connectivity index (χ2n) is 5.42. The van der Waals surface area contributed by atoms with Crippen LogP contribution in [0.25, 0.3) is 0 Å². The Balaban J connectivity index is 1.93. The minimum Gasteiger partial charge on any atom is -0.488 e. The van der Waals surface area contributed by atoms with Gasteiger partial charge in [0.25, 0.3) is 0 Å². The summed E-state index contributed by atoms with van der Waals surface area (Å²) in [5, 5.41) is 3.74. The first-order chi connectivity index (χ1) is 9.12. The summed E-state index contributed by atoms with van der Waals surface area (Å²) in [7, 11) is 0. The Hall–Kier alpha value is -0.540. The van der Waals surface area contributed by atoms with Gasteiger partial charge in [-0.1, -0.05) is 36.7 Å². The highest BCUT2D eigenvalue weighted by molar-refractivity contribution is 9.10. The second-order valence-corrected chi connectivity index (χ2v) is 6.33. The van der Waals surface area contributed by atoms with Gasteiger partial charge >= 0.3 is 0 Å². The van der Waals surface area contributed by atoms with Gasteiger partial charge in [-0.15, -0.1) is 0 Å². The average Bonchev–Trinajstić information content (AvgIpc) is 2.83. The van der Waals surface area contributed by atoms with Gasteiger partial charge in [0.15, 0.2) is 0 Å². The number of hydrogen-bond donors (Lipinski definition) is 1. The summed E-state index contributed by atoms with van der Waals surface area (Å²) in [5.41, 5.74) is 1.59. The minimum absolute atomic E-state index is 0.272. The molecule has 1 aliphatic heterocycles. The monoisotopic (exact) mass is 325 g/mol. The van der Waals surface area contributed by atoms with Gasteiger partial charge in [-0.05, 0) is 43.0 Å². The van der Waals surface area contributed by atoms with Gasteiger partial charge in [-0.25, -0.2) is 0 Å². The van der Waals surface area contributed by atoms with Gasteiger partial charge in [0.05, 0.1) is 0 Å².